The summed E-state index contributed by atoms with van der Waals surface area (Å²) in [7, 11) is 1.79. The van der Waals surface area contributed by atoms with Gasteiger partial charge < -0.3 is 32.2 Å². The first-order valence-electron chi connectivity index (χ1n) is 12.6. The summed E-state index contributed by atoms with van der Waals surface area (Å²) >= 11 is 5.69. The summed E-state index contributed by atoms with van der Waals surface area (Å²) in [5, 5.41) is 7.95. The van der Waals surface area contributed by atoms with Crippen molar-refractivity contribution in [2.24, 2.45) is 16.5 Å². The SMILES string of the molecule is CNCc1ccc2c(c1)N(C(=O)OCc1ccccc1)[C@H](CN=C(N)N)[C@H]2NC(=O)C(=O)Nc1ccc(Cl)c(F)c1. The number of anilines is 2. The number of aliphatic imine (C=N–C) groups is 1. The fourth-order valence-corrected chi connectivity index (χ4v) is 4.58. The van der Waals surface area contributed by atoms with Crippen LogP contribution in [0.1, 0.15) is 22.7 Å². The van der Waals surface area contributed by atoms with Crippen molar-refractivity contribution in [3.8, 4) is 0 Å². The molecule has 1 heterocycles. The molecule has 0 aliphatic carbocycles. The molecule has 0 unspecified atom stereocenters. The van der Waals surface area contributed by atoms with Crippen LogP contribution in [0.3, 0.4) is 0 Å². The highest BCUT2D eigenvalue weighted by molar-refractivity contribution is 6.39. The molecule has 41 heavy (non-hydrogen) atoms. The van der Waals surface area contributed by atoms with Gasteiger partial charge in [-0.1, -0.05) is 54.1 Å². The Hall–Kier alpha value is -4.68. The average molecular weight is 582 g/mol. The molecule has 3 aromatic rings. The van der Waals surface area contributed by atoms with E-state index in [9.17, 15) is 18.8 Å². The lowest BCUT2D eigenvalue weighted by molar-refractivity contribution is -0.136. The molecule has 3 aromatic carbocycles. The van der Waals surface area contributed by atoms with Crippen LogP contribution in [-0.2, 0) is 27.5 Å². The predicted octanol–water partition coefficient (Wildman–Crippen LogP) is 2.79. The monoisotopic (exact) mass is 581 g/mol. The minimum absolute atomic E-state index is 0.00775. The van der Waals surface area contributed by atoms with Crippen molar-refractivity contribution < 1.29 is 23.5 Å². The van der Waals surface area contributed by atoms with Gasteiger partial charge in [-0.25, -0.2) is 9.18 Å². The van der Waals surface area contributed by atoms with E-state index in [-0.39, 0.29) is 29.8 Å². The van der Waals surface area contributed by atoms with Gasteiger partial charge in [0, 0.05) is 17.8 Å². The third-order valence-electron chi connectivity index (χ3n) is 6.32. The highest BCUT2D eigenvalue weighted by Gasteiger charge is 2.44. The lowest BCUT2D eigenvalue weighted by Gasteiger charge is -2.27. The van der Waals surface area contributed by atoms with Gasteiger partial charge in [-0.3, -0.25) is 19.5 Å². The first-order valence-corrected chi connectivity index (χ1v) is 13.0. The third-order valence-corrected chi connectivity index (χ3v) is 6.63. The van der Waals surface area contributed by atoms with E-state index < -0.39 is 35.8 Å². The summed E-state index contributed by atoms with van der Waals surface area (Å²) in [6, 6.07) is 16.4. The van der Waals surface area contributed by atoms with Gasteiger partial charge in [0.25, 0.3) is 0 Å². The minimum atomic E-state index is -1.05. The second-order valence-corrected chi connectivity index (χ2v) is 9.61. The molecule has 0 radical (unpaired) electrons. The number of guanidine groups is 1. The first kappa shape index (κ1) is 29.3. The van der Waals surface area contributed by atoms with Gasteiger partial charge in [0.15, 0.2) is 5.96 Å². The first-order chi connectivity index (χ1) is 19.7. The number of nitrogens with two attached hydrogens (primary N) is 2. The molecular weight excluding hydrogens is 553 g/mol. The summed E-state index contributed by atoms with van der Waals surface area (Å²) < 4.78 is 19.5. The van der Waals surface area contributed by atoms with Gasteiger partial charge in [0.05, 0.1) is 29.3 Å². The highest BCUT2D eigenvalue weighted by atomic mass is 35.5. The molecule has 0 saturated heterocycles. The van der Waals surface area contributed by atoms with Gasteiger partial charge in [0.1, 0.15) is 12.4 Å². The highest BCUT2D eigenvalue weighted by Crippen LogP contribution is 2.41. The number of carbonyl (C=O) groups is 3. The minimum Gasteiger partial charge on any atom is -0.444 e. The maximum absolute atomic E-state index is 13.8. The van der Waals surface area contributed by atoms with Crippen molar-refractivity contribution in [1.82, 2.24) is 10.6 Å². The Morgan fingerprint density at radius 2 is 1.78 bits per heavy atom. The zero-order valence-electron chi connectivity index (χ0n) is 22.1. The van der Waals surface area contributed by atoms with E-state index in [4.69, 9.17) is 27.8 Å². The third kappa shape index (κ3) is 7.10. The van der Waals surface area contributed by atoms with Crippen LogP contribution in [0.2, 0.25) is 5.02 Å². The van der Waals surface area contributed by atoms with Gasteiger partial charge >= 0.3 is 17.9 Å². The number of rotatable bonds is 8. The number of carbonyl (C=O) groups excluding carboxylic acids is 3. The number of benzene rings is 3. The molecule has 7 N–H and O–H groups in total. The van der Waals surface area contributed by atoms with E-state index >= 15 is 0 Å². The molecule has 4 rings (SSSR count). The molecule has 1 aliphatic heterocycles. The summed E-state index contributed by atoms with van der Waals surface area (Å²) in [5.41, 5.74) is 13.9. The summed E-state index contributed by atoms with van der Waals surface area (Å²) in [6.07, 6.45) is -0.689. The predicted molar refractivity (Wildman–Crippen MR) is 154 cm³/mol. The van der Waals surface area contributed by atoms with E-state index in [1.807, 2.05) is 36.4 Å². The number of fused-ring (bicyclic) bond motifs is 1. The zero-order valence-corrected chi connectivity index (χ0v) is 22.8. The molecular formula is C28H29ClFN7O4. The number of nitrogens with zero attached hydrogens (tertiary/aromatic N) is 2. The van der Waals surface area contributed by atoms with E-state index in [1.54, 1.807) is 19.2 Å². The van der Waals surface area contributed by atoms with Crippen LogP contribution in [0.15, 0.2) is 71.7 Å². The summed E-state index contributed by atoms with van der Waals surface area (Å²) in [5.74, 6) is -3.05. The van der Waals surface area contributed by atoms with E-state index in [1.165, 1.54) is 17.0 Å². The molecule has 214 valence electrons. The van der Waals surface area contributed by atoms with E-state index in [0.29, 0.717) is 17.8 Å². The molecule has 0 aromatic heterocycles. The second-order valence-electron chi connectivity index (χ2n) is 9.20. The van der Waals surface area contributed by atoms with E-state index in [0.717, 1.165) is 17.2 Å². The van der Waals surface area contributed by atoms with Crippen molar-refractivity contribution in [1.29, 1.82) is 0 Å². The van der Waals surface area contributed by atoms with Crippen molar-refractivity contribution in [2.75, 3.05) is 23.8 Å². The lowest BCUT2D eigenvalue weighted by Crippen LogP contribution is -2.48. The normalized spacial score (nSPS) is 15.5. The van der Waals surface area contributed by atoms with Gasteiger partial charge in [-0.05, 0) is 42.4 Å². The number of hydrogen-bond acceptors (Lipinski definition) is 6. The van der Waals surface area contributed by atoms with Crippen molar-refractivity contribution >= 4 is 46.8 Å². The largest absolute Gasteiger partial charge is 0.444 e. The van der Waals surface area contributed by atoms with Crippen molar-refractivity contribution in [2.45, 2.75) is 25.2 Å². The molecule has 0 saturated carbocycles. The number of nitrogens with one attached hydrogen (secondary N) is 3. The lowest BCUT2D eigenvalue weighted by atomic mass is 10.0. The molecule has 11 nitrogen and oxygen atoms in total. The van der Waals surface area contributed by atoms with Crippen LogP contribution in [-0.4, -0.2) is 43.5 Å². The molecule has 2 atom stereocenters. The molecule has 0 fully saturated rings. The van der Waals surface area contributed by atoms with Gasteiger partial charge in [-0.15, -0.1) is 0 Å². The van der Waals surface area contributed by atoms with Crippen LogP contribution < -0.4 is 32.3 Å². The van der Waals surface area contributed by atoms with Crippen molar-refractivity contribution in [3.05, 3.63) is 94.3 Å². The van der Waals surface area contributed by atoms with Crippen LogP contribution in [0.25, 0.3) is 0 Å². The van der Waals surface area contributed by atoms with Crippen LogP contribution in [0.4, 0.5) is 20.6 Å². The number of amides is 3. The average Bonchev–Trinajstić information content (AvgIpc) is 3.25. The second kappa shape index (κ2) is 13.1. The van der Waals surface area contributed by atoms with Crippen molar-refractivity contribution in [3.63, 3.8) is 0 Å². The maximum Gasteiger partial charge on any atom is 0.415 e. The summed E-state index contributed by atoms with van der Waals surface area (Å²) in [6.45, 7) is 0.414. The molecule has 0 bridgehead atoms. The zero-order chi connectivity index (χ0) is 29.5. The Bertz CT molecular complexity index is 1470. The Morgan fingerprint density at radius 3 is 2.46 bits per heavy atom. The Labute approximate surface area is 240 Å². The quantitative estimate of drug-likeness (QED) is 0.155. The molecule has 13 heteroatoms. The van der Waals surface area contributed by atoms with Gasteiger partial charge in [-0.2, -0.15) is 0 Å². The Balaban J connectivity index is 1.64. The molecule has 1 aliphatic rings. The number of halogens is 2. The standard InChI is InChI=1S/C28H29ClFN7O4/c1-33-13-17-7-9-19-22(11-17)37(28(40)41-15-16-5-3-2-4-6-16)23(14-34-27(31)32)24(19)36-26(39)25(38)35-18-8-10-20(29)21(30)12-18/h2-12,23-24,33H,13-15H2,1H3,(H,35,38)(H,36,39)(H4,31,32,34)/t23-,24+/m1/s1. The maximum atomic E-state index is 13.8. The Kier molecular flexibility index (Phi) is 9.37. The smallest absolute Gasteiger partial charge is 0.415 e. The summed E-state index contributed by atoms with van der Waals surface area (Å²) in [4.78, 5) is 44.7. The topological polar surface area (TPSA) is 164 Å². The van der Waals surface area contributed by atoms with E-state index in [2.05, 4.69) is 20.9 Å². The Morgan fingerprint density at radius 1 is 1.02 bits per heavy atom. The number of hydrogen-bond donors (Lipinski definition) is 5. The fraction of sp³-hybridized carbons (Fsp3) is 0.214. The fourth-order valence-electron chi connectivity index (χ4n) is 4.46. The number of ether oxygens (including phenoxy) is 1. The molecule has 3 amide bonds. The van der Waals surface area contributed by atoms with Gasteiger partial charge in [0.2, 0.25) is 0 Å². The van der Waals surface area contributed by atoms with Crippen LogP contribution in [0, 0.1) is 5.82 Å². The van der Waals surface area contributed by atoms with Crippen LogP contribution in [0.5, 0.6) is 0 Å². The van der Waals surface area contributed by atoms with Crippen LogP contribution >= 0.6 is 11.6 Å². The molecule has 0 spiro atoms.